The molecule has 0 radical (unpaired) electrons. The van der Waals surface area contributed by atoms with Crippen LogP contribution in [0.4, 0.5) is 4.79 Å². The molecular weight excluding hydrogens is 362 g/mol. The molecule has 2 fully saturated rings. The van der Waals surface area contributed by atoms with Crippen LogP contribution in [0.5, 0.6) is 0 Å². The summed E-state index contributed by atoms with van der Waals surface area (Å²) >= 11 is 0. The smallest absolute Gasteiger partial charge is 0.273 e. The molecule has 3 aliphatic rings. The summed E-state index contributed by atoms with van der Waals surface area (Å²) in [4.78, 5) is 65.4. The highest BCUT2D eigenvalue weighted by Gasteiger charge is 2.49. The van der Waals surface area contributed by atoms with Gasteiger partial charge in [-0.05, 0) is 30.9 Å². The number of fused-ring (bicyclic) bond motifs is 1. The van der Waals surface area contributed by atoms with Gasteiger partial charge in [0.05, 0.1) is 11.1 Å². The lowest BCUT2D eigenvalue weighted by Gasteiger charge is -2.34. The Hall–Kier alpha value is -3.03. The lowest BCUT2D eigenvalue weighted by Crippen LogP contribution is -2.46. The van der Waals surface area contributed by atoms with E-state index in [4.69, 9.17) is 0 Å². The summed E-state index contributed by atoms with van der Waals surface area (Å²) < 4.78 is 0. The molecule has 28 heavy (non-hydrogen) atoms. The van der Waals surface area contributed by atoms with Crippen molar-refractivity contribution in [3.63, 3.8) is 0 Å². The number of nitrogens with zero attached hydrogens (tertiary/aromatic N) is 3. The summed E-state index contributed by atoms with van der Waals surface area (Å²) in [5.74, 6) is -2.47. The van der Waals surface area contributed by atoms with Crippen LogP contribution in [-0.4, -0.2) is 63.5 Å². The van der Waals surface area contributed by atoms with Gasteiger partial charge in [-0.1, -0.05) is 31.9 Å². The highest BCUT2D eigenvalue weighted by Crippen LogP contribution is 2.31. The van der Waals surface area contributed by atoms with Crippen LogP contribution in [0.15, 0.2) is 24.3 Å². The van der Waals surface area contributed by atoms with Gasteiger partial charge in [-0.3, -0.25) is 33.9 Å². The van der Waals surface area contributed by atoms with Crippen molar-refractivity contribution in [1.82, 2.24) is 14.7 Å². The van der Waals surface area contributed by atoms with Crippen molar-refractivity contribution in [2.45, 2.75) is 38.6 Å². The monoisotopic (exact) mass is 383 g/mol. The van der Waals surface area contributed by atoms with Gasteiger partial charge in [-0.2, -0.15) is 0 Å². The van der Waals surface area contributed by atoms with Crippen molar-refractivity contribution in [3.05, 3.63) is 35.4 Å². The largest absolute Gasteiger partial charge is 0.334 e. The zero-order chi connectivity index (χ0) is 20.0. The molecule has 0 unspecified atom stereocenters. The van der Waals surface area contributed by atoms with Crippen LogP contribution in [-0.2, 0) is 9.59 Å². The second-order valence-corrected chi connectivity index (χ2v) is 7.55. The van der Waals surface area contributed by atoms with E-state index in [9.17, 15) is 24.0 Å². The molecule has 8 nitrogen and oxygen atoms in total. The molecule has 0 bridgehead atoms. The van der Waals surface area contributed by atoms with E-state index in [1.54, 1.807) is 24.3 Å². The van der Waals surface area contributed by atoms with Crippen LogP contribution in [0, 0.1) is 5.92 Å². The second-order valence-electron chi connectivity index (χ2n) is 7.55. The third kappa shape index (κ3) is 2.71. The van der Waals surface area contributed by atoms with E-state index in [1.807, 2.05) is 6.92 Å². The number of hydrogen-bond donors (Lipinski definition) is 0. The Morgan fingerprint density at radius 1 is 0.786 bits per heavy atom. The molecule has 2 atom stereocenters. The fourth-order valence-electron chi connectivity index (χ4n) is 4.33. The molecule has 0 N–H and O–H groups in total. The number of rotatable bonds is 4. The quantitative estimate of drug-likeness (QED) is 0.448. The van der Waals surface area contributed by atoms with Gasteiger partial charge in [0.15, 0.2) is 0 Å². The number of hydrogen-bond acceptors (Lipinski definition) is 5. The second kappa shape index (κ2) is 6.85. The van der Waals surface area contributed by atoms with E-state index in [-0.39, 0.29) is 25.0 Å². The molecule has 1 aromatic carbocycles. The number of carbonyl (C=O) groups excluding carboxylic acids is 5. The van der Waals surface area contributed by atoms with E-state index in [0.717, 1.165) is 34.0 Å². The van der Waals surface area contributed by atoms with Crippen molar-refractivity contribution in [3.8, 4) is 0 Å². The van der Waals surface area contributed by atoms with Crippen LogP contribution in [0.3, 0.4) is 0 Å². The van der Waals surface area contributed by atoms with Gasteiger partial charge in [0, 0.05) is 19.1 Å². The molecule has 1 aromatic rings. The molecule has 4 rings (SSSR count). The van der Waals surface area contributed by atoms with Crippen LogP contribution in [0.25, 0.3) is 0 Å². The molecule has 1 aliphatic carbocycles. The highest BCUT2D eigenvalue weighted by atomic mass is 16.2. The summed E-state index contributed by atoms with van der Waals surface area (Å²) in [5, 5.41) is 0. The highest BCUT2D eigenvalue weighted by molar-refractivity contribution is 6.44. The van der Waals surface area contributed by atoms with Crippen molar-refractivity contribution in [2.75, 3.05) is 13.1 Å². The molecule has 146 valence electrons. The Morgan fingerprint density at radius 3 is 1.96 bits per heavy atom. The van der Waals surface area contributed by atoms with Gasteiger partial charge in [0.25, 0.3) is 11.8 Å². The predicted octanol–water partition coefficient (Wildman–Crippen LogP) is 1.65. The lowest BCUT2D eigenvalue weighted by atomic mass is 9.85. The van der Waals surface area contributed by atoms with Crippen LogP contribution >= 0.6 is 0 Å². The van der Waals surface area contributed by atoms with E-state index in [1.165, 1.54) is 0 Å². The van der Waals surface area contributed by atoms with Crippen molar-refractivity contribution in [2.24, 2.45) is 5.92 Å². The zero-order valence-corrected chi connectivity index (χ0v) is 15.6. The van der Waals surface area contributed by atoms with Gasteiger partial charge in [0.2, 0.25) is 0 Å². The molecule has 2 heterocycles. The first-order valence-corrected chi connectivity index (χ1v) is 9.56. The summed E-state index contributed by atoms with van der Waals surface area (Å²) in [7, 11) is 0. The van der Waals surface area contributed by atoms with Gasteiger partial charge < -0.3 is 0 Å². The van der Waals surface area contributed by atoms with E-state index < -0.39 is 29.7 Å². The topological polar surface area (TPSA) is 95.1 Å². The van der Waals surface area contributed by atoms with Crippen LogP contribution in [0.2, 0.25) is 0 Å². The van der Waals surface area contributed by atoms with Crippen molar-refractivity contribution < 1.29 is 24.0 Å². The number of imide groups is 3. The maximum atomic E-state index is 12.8. The summed E-state index contributed by atoms with van der Waals surface area (Å²) in [6.45, 7) is 1.66. The summed E-state index contributed by atoms with van der Waals surface area (Å²) in [6.07, 6.45) is 3.56. The van der Waals surface area contributed by atoms with E-state index >= 15 is 0 Å². The van der Waals surface area contributed by atoms with Gasteiger partial charge in [-0.25, -0.2) is 4.79 Å². The molecule has 0 spiro atoms. The average molecular weight is 383 g/mol. The standard InChI is InChI=1S/C20H21N3O5/c1-12-6-2-5-9-15(12)23-19(27)18(26)22(20(23)28)11-10-21-16(24)13-7-3-4-8-14(13)17(21)25/h3-4,7-8,12,15H,2,5-6,9-11H2,1H3/t12-,15-/m1/s1. The maximum absolute atomic E-state index is 12.8. The first kappa shape index (κ1) is 18.3. The molecule has 8 heteroatoms. The van der Waals surface area contributed by atoms with E-state index in [2.05, 4.69) is 0 Å². The molecular formula is C20H21N3O5. The van der Waals surface area contributed by atoms with Gasteiger partial charge >= 0.3 is 17.8 Å². The molecule has 1 saturated heterocycles. The fraction of sp³-hybridized carbons (Fsp3) is 0.450. The Bertz CT molecular complexity index is 861. The third-order valence-corrected chi connectivity index (χ3v) is 5.91. The Balaban J connectivity index is 1.48. The molecule has 1 saturated carbocycles. The fourth-order valence-corrected chi connectivity index (χ4v) is 4.33. The predicted molar refractivity (Wildman–Crippen MR) is 97.2 cm³/mol. The summed E-state index contributed by atoms with van der Waals surface area (Å²) in [5.41, 5.74) is 0.612. The number of benzene rings is 1. The molecule has 6 amide bonds. The lowest BCUT2D eigenvalue weighted by molar-refractivity contribution is -0.144. The van der Waals surface area contributed by atoms with Crippen LogP contribution < -0.4 is 0 Å². The van der Waals surface area contributed by atoms with Crippen molar-refractivity contribution in [1.29, 1.82) is 0 Å². The SMILES string of the molecule is C[C@@H]1CCCC[C@H]1N1C(=O)C(=O)N(CCN2C(=O)c3ccccc3C2=O)C1=O. The van der Waals surface area contributed by atoms with Gasteiger partial charge in [0.1, 0.15) is 0 Å². The molecule has 2 aliphatic heterocycles. The summed E-state index contributed by atoms with van der Waals surface area (Å²) in [6, 6.07) is 5.55. The molecule has 0 aromatic heterocycles. The number of amides is 6. The Labute approximate surface area is 162 Å². The van der Waals surface area contributed by atoms with Gasteiger partial charge in [-0.15, -0.1) is 0 Å². The Morgan fingerprint density at radius 2 is 1.36 bits per heavy atom. The third-order valence-electron chi connectivity index (χ3n) is 5.91. The average Bonchev–Trinajstić information content (AvgIpc) is 3.06. The first-order valence-electron chi connectivity index (χ1n) is 9.56. The minimum Gasteiger partial charge on any atom is -0.273 e. The Kier molecular flexibility index (Phi) is 4.49. The van der Waals surface area contributed by atoms with E-state index in [0.29, 0.717) is 17.5 Å². The normalized spacial score (nSPS) is 25.2. The van der Waals surface area contributed by atoms with Crippen LogP contribution in [0.1, 0.15) is 53.3 Å². The maximum Gasteiger partial charge on any atom is 0.334 e. The number of carbonyl (C=O) groups is 5. The van der Waals surface area contributed by atoms with Crippen molar-refractivity contribution >= 4 is 29.7 Å². The number of urea groups is 1. The minimum absolute atomic E-state index is 0.134. The first-order chi connectivity index (χ1) is 13.4. The zero-order valence-electron chi connectivity index (χ0n) is 15.6. The minimum atomic E-state index is -0.889.